The number of nitrogens with zero attached hydrogens (tertiary/aromatic N) is 5. The molecule has 2 aromatic rings. The van der Waals surface area contributed by atoms with Gasteiger partial charge in [0.25, 0.3) is 11.8 Å². The molecule has 0 unspecified atom stereocenters. The van der Waals surface area contributed by atoms with Crippen molar-refractivity contribution in [3.8, 4) is 0 Å². The lowest BCUT2D eigenvalue weighted by atomic mass is 10.0. The van der Waals surface area contributed by atoms with Crippen LogP contribution in [-0.4, -0.2) is 66.8 Å². The number of carboxylic acid groups (broad SMARTS) is 1. The number of thioether (sulfide) groups is 1. The van der Waals surface area contributed by atoms with Gasteiger partial charge in [-0.1, -0.05) is 10.3 Å². The molecule has 0 aliphatic carbocycles. The number of rotatable bonds is 7. The van der Waals surface area contributed by atoms with E-state index in [0.717, 1.165) is 16.2 Å². The number of carbonyl (C=O) groups excluding carboxylic acids is 3. The molecule has 2 amide bonds. The van der Waals surface area contributed by atoms with Gasteiger partial charge in [-0.3, -0.25) is 14.5 Å². The largest absolute Gasteiger partial charge is 0.543 e. The van der Waals surface area contributed by atoms with Gasteiger partial charge in [-0.15, -0.1) is 23.1 Å². The van der Waals surface area contributed by atoms with Crippen LogP contribution in [0.25, 0.3) is 0 Å². The average Bonchev–Trinajstić information content (AvgIpc) is 3.27. The van der Waals surface area contributed by atoms with Gasteiger partial charge in [0.15, 0.2) is 35.6 Å². The molecule has 182 valence electrons. The van der Waals surface area contributed by atoms with Crippen molar-refractivity contribution in [2.24, 2.45) is 16.0 Å². The molecule has 35 heavy (non-hydrogen) atoms. The number of amides is 2. The first-order valence-corrected chi connectivity index (χ1v) is 11.8. The van der Waals surface area contributed by atoms with Crippen LogP contribution in [0.2, 0.25) is 0 Å². The molecule has 1 saturated heterocycles. The highest BCUT2D eigenvalue weighted by Crippen LogP contribution is 2.40. The van der Waals surface area contributed by atoms with Gasteiger partial charge >= 0.3 is 0 Å². The van der Waals surface area contributed by atoms with Gasteiger partial charge < -0.3 is 37.1 Å². The SMILES string of the molecule is N/C(=N/O)c1ccc[n+](CC2=C(C(=O)[O-])N3C(=O)[C@@H](NC(=O)/C(=N\O)c4csc(N)n4)[C@H]3SC2)c1. The Balaban J connectivity index is 1.53. The van der Waals surface area contributed by atoms with Crippen molar-refractivity contribution in [2.45, 2.75) is 18.0 Å². The van der Waals surface area contributed by atoms with Crippen molar-refractivity contribution >= 4 is 57.6 Å². The molecule has 2 aliphatic heterocycles. The molecule has 2 aromatic heterocycles. The maximum atomic E-state index is 12.8. The van der Waals surface area contributed by atoms with Gasteiger partial charge in [-0.05, 0) is 6.07 Å². The fourth-order valence-electron chi connectivity index (χ4n) is 3.66. The Bertz CT molecular complexity index is 1310. The summed E-state index contributed by atoms with van der Waals surface area (Å²) in [7, 11) is 0. The lowest BCUT2D eigenvalue weighted by molar-refractivity contribution is -0.689. The number of hydrogen-bond donors (Lipinski definition) is 5. The summed E-state index contributed by atoms with van der Waals surface area (Å²) in [6.45, 7) is 0.100. The molecular weight excluding hydrogens is 500 g/mol. The standard InChI is InChI=1S/C19H18N8O6S2/c20-14(25-33)8-2-1-3-26(4-8)5-9-6-34-17-12(16(29)27(17)13(9)18(30)31)23-15(28)11(24-32)10-7-35-19(21)22-10/h1-4,7,12,17H,5-6H2,(H7-,20,21,22,23,24,25,28,30,31,32,33)/t12-,17-/m1/s1. The minimum Gasteiger partial charge on any atom is -0.543 e. The Kier molecular flexibility index (Phi) is 6.57. The smallest absolute Gasteiger partial charge is 0.276 e. The lowest BCUT2D eigenvalue weighted by Gasteiger charge is -2.50. The highest BCUT2D eigenvalue weighted by atomic mass is 32.2. The first kappa shape index (κ1) is 24.0. The minimum absolute atomic E-state index is 0.0381. The summed E-state index contributed by atoms with van der Waals surface area (Å²) in [5.41, 5.74) is 11.3. The van der Waals surface area contributed by atoms with E-state index in [1.54, 1.807) is 29.1 Å². The van der Waals surface area contributed by atoms with E-state index in [1.165, 1.54) is 17.1 Å². The summed E-state index contributed by atoms with van der Waals surface area (Å²) in [6, 6.07) is 2.20. The molecular formula is C19H18N8O6S2. The fourth-order valence-corrected chi connectivity index (χ4v) is 5.55. The van der Waals surface area contributed by atoms with Gasteiger partial charge in [0.1, 0.15) is 17.1 Å². The third-order valence-electron chi connectivity index (χ3n) is 5.24. The van der Waals surface area contributed by atoms with E-state index in [2.05, 4.69) is 20.6 Å². The molecule has 7 N–H and O–H groups in total. The number of aromatic nitrogens is 2. The molecule has 2 aliphatic rings. The van der Waals surface area contributed by atoms with Gasteiger partial charge in [0.2, 0.25) is 0 Å². The van der Waals surface area contributed by atoms with Crippen LogP contribution in [0.3, 0.4) is 0 Å². The van der Waals surface area contributed by atoms with Crippen LogP contribution in [0.15, 0.2) is 51.5 Å². The van der Waals surface area contributed by atoms with Crippen molar-refractivity contribution in [1.29, 1.82) is 0 Å². The summed E-state index contributed by atoms with van der Waals surface area (Å²) >= 11 is 2.29. The summed E-state index contributed by atoms with van der Waals surface area (Å²) in [6.07, 6.45) is 3.22. The molecule has 4 heterocycles. The zero-order valence-corrected chi connectivity index (χ0v) is 19.3. The maximum Gasteiger partial charge on any atom is 0.276 e. The van der Waals surface area contributed by atoms with Crippen LogP contribution in [0.1, 0.15) is 11.3 Å². The van der Waals surface area contributed by atoms with E-state index in [-0.39, 0.29) is 34.7 Å². The first-order valence-electron chi connectivity index (χ1n) is 9.84. The number of oxime groups is 2. The molecule has 2 atom stereocenters. The van der Waals surface area contributed by atoms with Gasteiger partial charge in [0.05, 0.1) is 17.2 Å². The van der Waals surface area contributed by atoms with E-state index in [1.807, 2.05) is 0 Å². The number of fused-ring (bicyclic) bond motifs is 1. The quantitative estimate of drug-likeness (QED) is 0.0641. The summed E-state index contributed by atoms with van der Waals surface area (Å²) in [5.74, 6) is -2.94. The summed E-state index contributed by atoms with van der Waals surface area (Å²) in [5, 5.41) is 39.3. The second-order valence-corrected chi connectivity index (χ2v) is 9.37. The van der Waals surface area contributed by atoms with E-state index in [9.17, 15) is 24.7 Å². The number of thiazole rings is 1. The van der Waals surface area contributed by atoms with E-state index in [0.29, 0.717) is 11.1 Å². The zero-order chi connectivity index (χ0) is 25.3. The van der Waals surface area contributed by atoms with Crippen molar-refractivity contribution in [1.82, 2.24) is 15.2 Å². The topological polar surface area (TPSA) is 224 Å². The number of β-lactam (4-membered cyclic amide) rings is 1. The van der Waals surface area contributed by atoms with Crippen LogP contribution in [-0.2, 0) is 20.9 Å². The number of nitrogen functional groups attached to an aromatic ring is 1. The lowest BCUT2D eigenvalue weighted by Crippen LogP contribution is -2.71. The minimum atomic E-state index is -1.54. The van der Waals surface area contributed by atoms with Gasteiger partial charge in [-0.2, -0.15) is 0 Å². The number of carbonyl (C=O) groups is 3. The molecule has 0 aromatic carbocycles. The predicted molar refractivity (Wildman–Crippen MR) is 121 cm³/mol. The number of hydrogen-bond acceptors (Lipinski definition) is 12. The van der Waals surface area contributed by atoms with Gasteiger partial charge in [0, 0.05) is 22.8 Å². The van der Waals surface area contributed by atoms with Crippen molar-refractivity contribution < 1.29 is 34.5 Å². The summed E-state index contributed by atoms with van der Waals surface area (Å²) < 4.78 is 1.62. The molecule has 4 rings (SSSR count). The fraction of sp³-hybridized carbons (Fsp3) is 0.211. The van der Waals surface area contributed by atoms with Crippen LogP contribution in [0, 0.1) is 0 Å². The Labute approximate surface area is 205 Å². The van der Waals surface area contributed by atoms with Crippen LogP contribution in [0.4, 0.5) is 5.13 Å². The van der Waals surface area contributed by atoms with E-state index >= 15 is 0 Å². The van der Waals surface area contributed by atoms with E-state index in [4.69, 9.17) is 16.7 Å². The third-order valence-corrected chi connectivity index (χ3v) is 7.26. The highest BCUT2D eigenvalue weighted by Gasteiger charge is 2.53. The second-order valence-electron chi connectivity index (χ2n) is 7.37. The number of pyridine rings is 1. The molecule has 1 fully saturated rings. The van der Waals surface area contributed by atoms with Crippen molar-refractivity contribution in [3.63, 3.8) is 0 Å². The number of carboxylic acids is 1. The Morgan fingerprint density at radius 1 is 1.37 bits per heavy atom. The Hall–Kier alpha value is -4.18. The average molecular weight is 519 g/mol. The second kappa shape index (κ2) is 9.59. The summed E-state index contributed by atoms with van der Waals surface area (Å²) in [4.78, 5) is 42.4. The number of anilines is 1. The highest BCUT2D eigenvalue weighted by molar-refractivity contribution is 8.00. The van der Waals surface area contributed by atoms with Crippen molar-refractivity contribution in [2.75, 3.05) is 11.5 Å². The predicted octanol–water partition coefficient (Wildman–Crippen LogP) is -2.61. The normalized spacial score (nSPS) is 20.3. The first-order chi connectivity index (χ1) is 16.7. The number of nitrogens with two attached hydrogens (primary N) is 2. The van der Waals surface area contributed by atoms with Crippen LogP contribution in [0.5, 0.6) is 0 Å². The number of aliphatic carboxylic acids is 1. The Morgan fingerprint density at radius 3 is 2.77 bits per heavy atom. The molecule has 16 heteroatoms. The van der Waals surface area contributed by atoms with Crippen LogP contribution < -0.4 is 26.5 Å². The molecule has 0 radical (unpaired) electrons. The molecule has 0 saturated carbocycles. The Morgan fingerprint density at radius 2 is 2.14 bits per heavy atom. The maximum absolute atomic E-state index is 12.8. The van der Waals surface area contributed by atoms with E-state index < -0.39 is 34.9 Å². The number of amidine groups is 1. The number of nitrogens with one attached hydrogen (secondary N) is 1. The van der Waals surface area contributed by atoms with Crippen LogP contribution >= 0.6 is 23.1 Å². The zero-order valence-electron chi connectivity index (χ0n) is 17.7. The molecule has 14 nitrogen and oxygen atoms in total. The van der Waals surface area contributed by atoms with Crippen molar-refractivity contribution in [3.05, 3.63) is 52.4 Å². The van der Waals surface area contributed by atoms with Gasteiger partial charge in [-0.25, -0.2) is 9.55 Å². The molecule has 0 spiro atoms. The monoisotopic (exact) mass is 518 g/mol. The molecule has 0 bridgehead atoms. The third kappa shape index (κ3) is 4.47.